The van der Waals surface area contributed by atoms with Crippen molar-refractivity contribution in [3.8, 4) is 0 Å². The van der Waals surface area contributed by atoms with Crippen LogP contribution in [0.25, 0.3) is 0 Å². The smallest absolute Gasteiger partial charge is 0.327 e. The predicted octanol–water partition coefficient (Wildman–Crippen LogP) is 3.38. The molecule has 0 heterocycles. The lowest BCUT2D eigenvalue weighted by Gasteiger charge is -1.96. The lowest BCUT2D eigenvalue weighted by atomic mass is 10.1. The topological polar surface area (TPSA) is 37.3 Å². The third kappa shape index (κ3) is 11.2. The molecule has 2 nitrogen and oxygen atoms in total. The molecule has 1 N–H and O–H groups in total. The van der Waals surface area contributed by atoms with Gasteiger partial charge in [0.25, 0.3) is 0 Å². The summed E-state index contributed by atoms with van der Waals surface area (Å²) in [6, 6.07) is 0. The Labute approximate surface area is 80.7 Å². The van der Waals surface area contributed by atoms with Crippen LogP contribution in [0.4, 0.5) is 0 Å². The second-order valence-corrected chi connectivity index (χ2v) is 3.30. The number of aliphatic carboxylic acids is 1. The molecule has 0 bridgehead atoms. The molecule has 0 aromatic rings. The van der Waals surface area contributed by atoms with Crippen LogP contribution in [0.5, 0.6) is 0 Å². The lowest BCUT2D eigenvalue weighted by molar-refractivity contribution is -0.131. The molecule has 0 saturated heterocycles. The number of carboxylic acid groups (broad SMARTS) is 1. The average Bonchev–Trinajstić information content (AvgIpc) is 2.09. The number of unbranched alkanes of at least 4 members (excludes halogenated alkanes) is 6. The van der Waals surface area contributed by atoms with Crippen LogP contribution in [-0.4, -0.2) is 11.1 Å². The Balaban J connectivity index is 3.03. The summed E-state index contributed by atoms with van der Waals surface area (Å²) < 4.78 is 0. The second kappa shape index (κ2) is 9.30. The van der Waals surface area contributed by atoms with Crippen LogP contribution in [0, 0.1) is 0 Å². The second-order valence-electron chi connectivity index (χ2n) is 3.30. The molecule has 76 valence electrons. The maximum Gasteiger partial charge on any atom is 0.327 e. The molecule has 0 aliphatic rings. The molecule has 0 aromatic heterocycles. The normalized spacial score (nSPS) is 10.8. The molecule has 0 aliphatic carbocycles. The van der Waals surface area contributed by atoms with E-state index in [0.717, 1.165) is 12.8 Å². The van der Waals surface area contributed by atoms with Gasteiger partial charge in [-0.1, -0.05) is 45.1 Å². The van der Waals surface area contributed by atoms with Crippen LogP contribution in [0.15, 0.2) is 12.2 Å². The van der Waals surface area contributed by atoms with Crippen molar-refractivity contribution in [2.24, 2.45) is 0 Å². The average molecular weight is 184 g/mol. The summed E-state index contributed by atoms with van der Waals surface area (Å²) >= 11 is 0. The van der Waals surface area contributed by atoms with Crippen LogP contribution in [0.1, 0.15) is 51.9 Å². The van der Waals surface area contributed by atoms with E-state index in [1.165, 1.54) is 38.2 Å². The minimum absolute atomic E-state index is 0.842. The standard InChI is InChI=1S/C11H20O2/c1-2-3-4-5-6-7-8-9-10-11(12)13/h9-10H,2-8H2,1H3,(H,12,13)/b10-9-. The highest BCUT2D eigenvalue weighted by molar-refractivity contribution is 5.79. The minimum Gasteiger partial charge on any atom is -0.478 e. The van der Waals surface area contributed by atoms with Crippen molar-refractivity contribution in [2.75, 3.05) is 0 Å². The van der Waals surface area contributed by atoms with Gasteiger partial charge in [0.15, 0.2) is 0 Å². The molecule has 0 aromatic carbocycles. The van der Waals surface area contributed by atoms with E-state index in [0.29, 0.717) is 0 Å². The molecule has 0 aliphatic heterocycles. The number of carbonyl (C=O) groups is 1. The minimum atomic E-state index is -0.842. The Morgan fingerprint density at radius 2 is 1.77 bits per heavy atom. The summed E-state index contributed by atoms with van der Waals surface area (Å²) in [7, 11) is 0. The molecular formula is C11H20O2. The molecule has 0 fully saturated rings. The first kappa shape index (κ1) is 12.2. The van der Waals surface area contributed by atoms with Gasteiger partial charge in [0.05, 0.1) is 0 Å². The zero-order chi connectivity index (χ0) is 9.94. The summed E-state index contributed by atoms with van der Waals surface area (Å²) in [5.41, 5.74) is 0. The van der Waals surface area contributed by atoms with Gasteiger partial charge in [0.2, 0.25) is 0 Å². The van der Waals surface area contributed by atoms with Crippen LogP contribution < -0.4 is 0 Å². The monoisotopic (exact) mass is 184 g/mol. The molecular weight excluding hydrogens is 164 g/mol. The van der Waals surface area contributed by atoms with Crippen LogP contribution in [-0.2, 0) is 4.79 Å². The van der Waals surface area contributed by atoms with Crippen LogP contribution >= 0.6 is 0 Å². The summed E-state index contributed by atoms with van der Waals surface area (Å²) in [5, 5.41) is 8.30. The molecule has 0 saturated carbocycles. The third-order valence-electron chi connectivity index (χ3n) is 1.98. The highest BCUT2D eigenvalue weighted by Gasteiger charge is 1.89. The summed E-state index contributed by atoms with van der Waals surface area (Å²) in [5.74, 6) is -0.842. The molecule has 0 atom stereocenters. The van der Waals surface area contributed by atoms with Gasteiger partial charge in [0, 0.05) is 6.08 Å². The van der Waals surface area contributed by atoms with Crippen LogP contribution in [0.3, 0.4) is 0 Å². The first-order valence-electron chi connectivity index (χ1n) is 5.17. The van der Waals surface area contributed by atoms with E-state index in [1.54, 1.807) is 6.08 Å². The quantitative estimate of drug-likeness (QED) is 0.464. The van der Waals surface area contributed by atoms with E-state index in [-0.39, 0.29) is 0 Å². The first-order chi connectivity index (χ1) is 6.27. The van der Waals surface area contributed by atoms with Gasteiger partial charge in [-0.15, -0.1) is 0 Å². The Hall–Kier alpha value is -0.790. The molecule has 0 rings (SSSR count). The van der Waals surface area contributed by atoms with E-state index in [2.05, 4.69) is 6.92 Å². The van der Waals surface area contributed by atoms with Crippen molar-refractivity contribution in [3.05, 3.63) is 12.2 Å². The predicted molar refractivity (Wildman–Crippen MR) is 54.8 cm³/mol. The zero-order valence-electron chi connectivity index (χ0n) is 8.46. The van der Waals surface area contributed by atoms with Crippen molar-refractivity contribution in [2.45, 2.75) is 51.9 Å². The largest absolute Gasteiger partial charge is 0.478 e. The highest BCUT2D eigenvalue weighted by atomic mass is 16.4. The summed E-state index contributed by atoms with van der Waals surface area (Å²) in [6.45, 7) is 2.20. The number of carboxylic acids is 1. The highest BCUT2D eigenvalue weighted by Crippen LogP contribution is 2.06. The van der Waals surface area contributed by atoms with Crippen molar-refractivity contribution < 1.29 is 9.90 Å². The molecule has 0 amide bonds. The summed E-state index contributed by atoms with van der Waals surface area (Å²) in [4.78, 5) is 10.1. The lowest BCUT2D eigenvalue weighted by Crippen LogP contribution is -1.85. The Kier molecular flexibility index (Phi) is 8.73. The Bertz CT molecular complexity index is 150. The van der Waals surface area contributed by atoms with Crippen molar-refractivity contribution >= 4 is 5.97 Å². The van der Waals surface area contributed by atoms with Crippen molar-refractivity contribution in [1.29, 1.82) is 0 Å². The molecule has 13 heavy (non-hydrogen) atoms. The van der Waals surface area contributed by atoms with Gasteiger partial charge in [-0.05, 0) is 12.8 Å². The fourth-order valence-electron chi connectivity index (χ4n) is 1.23. The van der Waals surface area contributed by atoms with Gasteiger partial charge in [-0.25, -0.2) is 4.79 Å². The molecule has 2 heteroatoms. The first-order valence-corrected chi connectivity index (χ1v) is 5.17. The van der Waals surface area contributed by atoms with Gasteiger partial charge in [-0.2, -0.15) is 0 Å². The number of hydrogen-bond acceptors (Lipinski definition) is 1. The Morgan fingerprint density at radius 1 is 1.15 bits per heavy atom. The summed E-state index contributed by atoms with van der Waals surface area (Å²) in [6.07, 6.45) is 11.4. The zero-order valence-corrected chi connectivity index (χ0v) is 8.46. The van der Waals surface area contributed by atoms with Crippen molar-refractivity contribution in [3.63, 3.8) is 0 Å². The Morgan fingerprint density at radius 3 is 2.38 bits per heavy atom. The van der Waals surface area contributed by atoms with Gasteiger partial charge >= 0.3 is 5.97 Å². The van der Waals surface area contributed by atoms with E-state index in [9.17, 15) is 4.79 Å². The van der Waals surface area contributed by atoms with E-state index >= 15 is 0 Å². The van der Waals surface area contributed by atoms with Crippen molar-refractivity contribution in [1.82, 2.24) is 0 Å². The molecule has 0 spiro atoms. The maximum atomic E-state index is 10.1. The van der Waals surface area contributed by atoms with Gasteiger partial charge < -0.3 is 5.11 Å². The number of allylic oxidation sites excluding steroid dienone is 1. The SMILES string of the molecule is CCCCCCCC/C=C\C(=O)O. The van der Waals surface area contributed by atoms with E-state index in [4.69, 9.17) is 5.11 Å². The van der Waals surface area contributed by atoms with E-state index < -0.39 is 5.97 Å². The molecule has 0 unspecified atom stereocenters. The van der Waals surface area contributed by atoms with E-state index in [1.807, 2.05) is 0 Å². The molecule has 0 radical (unpaired) electrons. The van der Waals surface area contributed by atoms with Crippen LogP contribution in [0.2, 0.25) is 0 Å². The fraction of sp³-hybridized carbons (Fsp3) is 0.727. The third-order valence-corrected chi connectivity index (χ3v) is 1.98. The number of rotatable bonds is 8. The van der Waals surface area contributed by atoms with Gasteiger partial charge in [0.1, 0.15) is 0 Å². The van der Waals surface area contributed by atoms with Gasteiger partial charge in [-0.3, -0.25) is 0 Å². The fourth-order valence-corrected chi connectivity index (χ4v) is 1.23. The maximum absolute atomic E-state index is 10.1. The number of hydrogen-bond donors (Lipinski definition) is 1.